The molecule has 0 aromatic heterocycles. The highest BCUT2D eigenvalue weighted by atomic mass is 19.1. The van der Waals surface area contributed by atoms with Gasteiger partial charge < -0.3 is 5.73 Å². The van der Waals surface area contributed by atoms with E-state index in [4.69, 9.17) is 5.73 Å². The van der Waals surface area contributed by atoms with Gasteiger partial charge in [-0.2, -0.15) is 0 Å². The van der Waals surface area contributed by atoms with Crippen molar-refractivity contribution in [1.29, 1.82) is 0 Å². The predicted octanol–water partition coefficient (Wildman–Crippen LogP) is 3.12. The molecule has 0 saturated carbocycles. The quantitative estimate of drug-likeness (QED) is 0.840. The second-order valence-corrected chi connectivity index (χ2v) is 4.48. The fourth-order valence-corrected chi connectivity index (χ4v) is 2.60. The molecule has 1 atom stereocenters. The summed E-state index contributed by atoms with van der Waals surface area (Å²) >= 11 is 0. The van der Waals surface area contributed by atoms with E-state index in [1.807, 2.05) is 0 Å². The van der Waals surface area contributed by atoms with E-state index >= 15 is 0 Å². The van der Waals surface area contributed by atoms with Crippen molar-refractivity contribution in [3.63, 3.8) is 0 Å². The van der Waals surface area contributed by atoms with Crippen LogP contribution in [-0.4, -0.2) is 6.54 Å². The molecule has 0 radical (unpaired) electrons. The van der Waals surface area contributed by atoms with Gasteiger partial charge in [-0.05, 0) is 61.8 Å². The molecule has 2 N–H and O–H groups in total. The second kappa shape index (κ2) is 4.91. The van der Waals surface area contributed by atoms with Crippen LogP contribution in [0.4, 0.5) is 8.78 Å². The highest BCUT2D eigenvalue weighted by Gasteiger charge is 2.23. The Hall–Kier alpha value is -0.960. The third-order valence-corrected chi connectivity index (χ3v) is 3.37. The van der Waals surface area contributed by atoms with E-state index in [9.17, 15) is 8.78 Å². The molecule has 88 valence electrons. The Kier molecular flexibility index (Phi) is 3.54. The van der Waals surface area contributed by atoms with Crippen LogP contribution in [0.15, 0.2) is 12.1 Å². The molecule has 0 amide bonds. The van der Waals surface area contributed by atoms with E-state index < -0.39 is 5.82 Å². The lowest BCUT2D eigenvalue weighted by Gasteiger charge is -2.25. The Morgan fingerprint density at radius 2 is 2.12 bits per heavy atom. The molecule has 1 aliphatic carbocycles. The Bertz CT molecular complexity index is 376. The molecular weight excluding hydrogens is 208 g/mol. The number of rotatable bonds is 3. The number of halogens is 2. The first-order chi connectivity index (χ1) is 7.72. The zero-order chi connectivity index (χ0) is 11.5. The normalized spacial score (nSPS) is 19.6. The molecule has 0 saturated heterocycles. The molecule has 16 heavy (non-hydrogen) atoms. The summed E-state index contributed by atoms with van der Waals surface area (Å²) < 4.78 is 26.7. The largest absolute Gasteiger partial charge is 0.330 e. The standard InChI is InChI=1S/C13H17F2N/c14-10-7-12-9(4-2-6-16)3-1-5-11(12)13(15)8-10/h7-9H,1-6,16H2/t9-/m1/s1. The van der Waals surface area contributed by atoms with Crippen LogP contribution in [0.5, 0.6) is 0 Å². The monoisotopic (exact) mass is 225 g/mol. The molecule has 0 aliphatic heterocycles. The maximum absolute atomic E-state index is 13.6. The van der Waals surface area contributed by atoms with Crippen LogP contribution >= 0.6 is 0 Å². The second-order valence-electron chi connectivity index (χ2n) is 4.48. The van der Waals surface area contributed by atoms with Gasteiger partial charge in [0.05, 0.1) is 0 Å². The van der Waals surface area contributed by atoms with Crippen LogP contribution in [0, 0.1) is 11.6 Å². The zero-order valence-electron chi connectivity index (χ0n) is 9.31. The van der Waals surface area contributed by atoms with Crippen LogP contribution in [0.3, 0.4) is 0 Å². The van der Waals surface area contributed by atoms with Crippen molar-refractivity contribution in [3.05, 3.63) is 34.9 Å². The summed E-state index contributed by atoms with van der Waals surface area (Å²) in [6.07, 6.45) is 4.61. The highest BCUT2D eigenvalue weighted by molar-refractivity contribution is 5.34. The molecular formula is C13H17F2N. The van der Waals surface area contributed by atoms with Crippen molar-refractivity contribution in [2.75, 3.05) is 6.54 Å². The average Bonchev–Trinajstić information content (AvgIpc) is 2.26. The van der Waals surface area contributed by atoms with Crippen molar-refractivity contribution in [2.24, 2.45) is 5.73 Å². The number of hydrogen-bond donors (Lipinski definition) is 1. The molecule has 2 rings (SSSR count). The zero-order valence-corrected chi connectivity index (χ0v) is 9.31. The van der Waals surface area contributed by atoms with Crippen LogP contribution in [0.25, 0.3) is 0 Å². The number of nitrogens with two attached hydrogens (primary N) is 1. The lowest BCUT2D eigenvalue weighted by molar-refractivity contribution is 0.480. The highest BCUT2D eigenvalue weighted by Crippen LogP contribution is 2.36. The van der Waals surface area contributed by atoms with Crippen molar-refractivity contribution in [2.45, 2.75) is 38.0 Å². The first-order valence-corrected chi connectivity index (χ1v) is 5.90. The molecule has 0 fully saturated rings. The van der Waals surface area contributed by atoms with Gasteiger partial charge in [-0.25, -0.2) is 8.78 Å². The van der Waals surface area contributed by atoms with Gasteiger partial charge >= 0.3 is 0 Å². The lowest BCUT2D eigenvalue weighted by atomic mass is 9.80. The Morgan fingerprint density at radius 3 is 2.88 bits per heavy atom. The maximum Gasteiger partial charge on any atom is 0.129 e. The molecule has 0 spiro atoms. The fraction of sp³-hybridized carbons (Fsp3) is 0.538. The minimum Gasteiger partial charge on any atom is -0.330 e. The van der Waals surface area contributed by atoms with Crippen molar-refractivity contribution in [1.82, 2.24) is 0 Å². The van der Waals surface area contributed by atoms with Gasteiger partial charge in [0, 0.05) is 6.07 Å². The van der Waals surface area contributed by atoms with Crippen LogP contribution in [-0.2, 0) is 6.42 Å². The Morgan fingerprint density at radius 1 is 1.31 bits per heavy atom. The predicted molar refractivity (Wildman–Crippen MR) is 60.3 cm³/mol. The summed E-state index contributed by atoms with van der Waals surface area (Å²) in [7, 11) is 0. The molecule has 0 unspecified atom stereocenters. The molecule has 0 bridgehead atoms. The van der Waals surface area contributed by atoms with Gasteiger partial charge in [-0.1, -0.05) is 0 Å². The maximum atomic E-state index is 13.6. The van der Waals surface area contributed by atoms with E-state index in [2.05, 4.69) is 0 Å². The summed E-state index contributed by atoms with van der Waals surface area (Å²) in [6, 6.07) is 2.49. The van der Waals surface area contributed by atoms with Crippen molar-refractivity contribution >= 4 is 0 Å². The summed E-state index contributed by atoms with van der Waals surface area (Å²) in [5, 5.41) is 0. The van der Waals surface area contributed by atoms with Crippen LogP contribution < -0.4 is 5.73 Å². The van der Waals surface area contributed by atoms with Crippen LogP contribution in [0.2, 0.25) is 0 Å². The van der Waals surface area contributed by atoms with E-state index in [0.717, 1.165) is 49.3 Å². The topological polar surface area (TPSA) is 26.0 Å². The van der Waals surface area contributed by atoms with E-state index in [1.54, 1.807) is 0 Å². The molecule has 3 heteroatoms. The van der Waals surface area contributed by atoms with Gasteiger partial charge in [0.1, 0.15) is 11.6 Å². The third-order valence-electron chi connectivity index (χ3n) is 3.37. The van der Waals surface area contributed by atoms with Gasteiger partial charge in [-0.3, -0.25) is 0 Å². The molecule has 1 aliphatic rings. The fourth-order valence-electron chi connectivity index (χ4n) is 2.60. The minimum absolute atomic E-state index is 0.289. The smallest absolute Gasteiger partial charge is 0.129 e. The molecule has 1 nitrogen and oxygen atoms in total. The SMILES string of the molecule is NCCC[C@H]1CCCc2c(F)cc(F)cc21. The number of hydrogen-bond acceptors (Lipinski definition) is 1. The number of benzene rings is 1. The lowest BCUT2D eigenvalue weighted by Crippen LogP contribution is -2.13. The van der Waals surface area contributed by atoms with Gasteiger partial charge in [0.15, 0.2) is 0 Å². The Balaban J connectivity index is 2.30. The first-order valence-electron chi connectivity index (χ1n) is 5.90. The average molecular weight is 225 g/mol. The van der Waals surface area contributed by atoms with Gasteiger partial charge in [0.25, 0.3) is 0 Å². The third kappa shape index (κ3) is 2.24. The van der Waals surface area contributed by atoms with Gasteiger partial charge in [0.2, 0.25) is 0 Å². The van der Waals surface area contributed by atoms with Gasteiger partial charge in [-0.15, -0.1) is 0 Å². The molecule has 1 aromatic rings. The van der Waals surface area contributed by atoms with E-state index in [-0.39, 0.29) is 11.7 Å². The minimum atomic E-state index is -0.462. The van der Waals surface area contributed by atoms with Crippen molar-refractivity contribution in [3.8, 4) is 0 Å². The van der Waals surface area contributed by atoms with Crippen molar-refractivity contribution < 1.29 is 8.78 Å². The summed E-state index contributed by atoms with van der Waals surface area (Å²) in [5.74, 6) is -0.555. The summed E-state index contributed by atoms with van der Waals surface area (Å²) in [4.78, 5) is 0. The summed E-state index contributed by atoms with van der Waals surface area (Å²) in [6.45, 7) is 0.642. The Labute approximate surface area is 94.7 Å². The first kappa shape index (κ1) is 11.5. The summed E-state index contributed by atoms with van der Waals surface area (Å²) in [5.41, 5.74) is 7.07. The number of fused-ring (bicyclic) bond motifs is 1. The van der Waals surface area contributed by atoms with E-state index in [0.29, 0.717) is 6.54 Å². The molecule has 1 aromatic carbocycles. The van der Waals surface area contributed by atoms with Crippen LogP contribution in [0.1, 0.15) is 42.7 Å². The van der Waals surface area contributed by atoms with E-state index in [1.165, 1.54) is 6.07 Å². The molecule has 0 heterocycles.